The van der Waals surface area contributed by atoms with Gasteiger partial charge in [0.1, 0.15) is 10.9 Å². The van der Waals surface area contributed by atoms with E-state index in [9.17, 15) is 0 Å². The van der Waals surface area contributed by atoms with E-state index in [2.05, 4.69) is 11.6 Å². The quantitative estimate of drug-likeness (QED) is 0.721. The van der Waals surface area contributed by atoms with Crippen LogP contribution in [-0.4, -0.2) is 12.1 Å². The zero-order valence-electron chi connectivity index (χ0n) is 8.33. The number of hydrogen-bond donors (Lipinski definition) is 0. The predicted octanol–water partition coefficient (Wildman–Crippen LogP) is 3.54. The van der Waals surface area contributed by atoms with E-state index in [-0.39, 0.29) is 0 Å². The van der Waals surface area contributed by atoms with Crippen molar-refractivity contribution in [2.45, 2.75) is 0 Å². The molecule has 0 N–H and O–H groups in total. The number of hydrogen-bond acceptors (Lipinski definition) is 2. The highest BCUT2D eigenvalue weighted by Crippen LogP contribution is 2.29. The fourth-order valence-electron chi connectivity index (χ4n) is 1.57. The molecule has 0 spiro atoms. The van der Waals surface area contributed by atoms with Crippen molar-refractivity contribution in [2.24, 2.45) is 0 Å². The van der Waals surface area contributed by atoms with Crippen LogP contribution in [0.2, 0.25) is 5.15 Å². The van der Waals surface area contributed by atoms with Gasteiger partial charge in [-0.25, -0.2) is 4.98 Å². The first-order valence-electron chi connectivity index (χ1n) is 4.51. The van der Waals surface area contributed by atoms with Gasteiger partial charge < -0.3 is 4.74 Å². The number of aromatic nitrogens is 1. The van der Waals surface area contributed by atoms with E-state index in [0.717, 1.165) is 22.1 Å². The summed E-state index contributed by atoms with van der Waals surface area (Å²) in [7, 11) is 1.64. The first-order valence-corrected chi connectivity index (χ1v) is 4.88. The Morgan fingerprint density at radius 3 is 2.87 bits per heavy atom. The lowest BCUT2D eigenvalue weighted by Gasteiger charge is -2.07. The molecule has 0 saturated carbocycles. The average Bonchev–Trinajstić information content (AvgIpc) is 2.27. The van der Waals surface area contributed by atoms with Crippen molar-refractivity contribution in [1.29, 1.82) is 0 Å². The lowest BCUT2D eigenvalue weighted by molar-refractivity contribution is 0.419. The number of nitrogens with zero attached hydrogens (tertiary/aromatic N) is 1. The summed E-state index contributed by atoms with van der Waals surface area (Å²) in [4.78, 5) is 4.04. The summed E-state index contributed by atoms with van der Waals surface area (Å²) in [5.41, 5.74) is 1.02. The Morgan fingerprint density at radius 1 is 1.40 bits per heavy atom. The Bertz CT molecular complexity index is 522. The standard InChI is InChI=1S/C12H10ClNO/c1-3-8-4-5-11(15-2)10-7-14-12(13)6-9(8)10/h3-7H,1H2,2H3. The molecule has 0 aliphatic rings. The number of ether oxygens (including phenoxy) is 1. The molecule has 1 heterocycles. The number of halogens is 1. The van der Waals surface area contributed by atoms with Gasteiger partial charge in [0.25, 0.3) is 0 Å². The molecular weight excluding hydrogens is 210 g/mol. The van der Waals surface area contributed by atoms with Crippen LogP contribution in [0.4, 0.5) is 0 Å². The van der Waals surface area contributed by atoms with E-state index in [0.29, 0.717) is 5.15 Å². The van der Waals surface area contributed by atoms with Crippen LogP contribution in [0.1, 0.15) is 5.56 Å². The van der Waals surface area contributed by atoms with E-state index < -0.39 is 0 Å². The third-order valence-corrected chi connectivity index (χ3v) is 2.51. The van der Waals surface area contributed by atoms with Crippen LogP contribution in [0.3, 0.4) is 0 Å². The molecule has 0 amide bonds. The fourth-order valence-corrected chi connectivity index (χ4v) is 1.72. The van der Waals surface area contributed by atoms with Crippen molar-refractivity contribution in [3.8, 4) is 5.75 Å². The fraction of sp³-hybridized carbons (Fsp3) is 0.0833. The normalized spacial score (nSPS) is 10.3. The zero-order valence-corrected chi connectivity index (χ0v) is 9.08. The molecule has 0 aliphatic carbocycles. The SMILES string of the molecule is C=Cc1ccc(OC)c2cnc(Cl)cc12. The van der Waals surface area contributed by atoms with Gasteiger partial charge in [-0.3, -0.25) is 0 Å². The van der Waals surface area contributed by atoms with Gasteiger partial charge in [-0.1, -0.05) is 30.3 Å². The molecule has 0 radical (unpaired) electrons. The Morgan fingerprint density at radius 2 is 2.20 bits per heavy atom. The minimum atomic E-state index is 0.471. The molecule has 3 heteroatoms. The third kappa shape index (κ3) is 1.68. The number of benzene rings is 1. The van der Waals surface area contributed by atoms with Crippen molar-refractivity contribution in [2.75, 3.05) is 7.11 Å². The molecule has 0 saturated heterocycles. The topological polar surface area (TPSA) is 22.1 Å². The van der Waals surface area contributed by atoms with Crippen LogP contribution in [0.5, 0.6) is 5.75 Å². The highest BCUT2D eigenvalue weighted by Gasteiger charge is 2.05. The van der Waals surface area contributed by atoms with Crippen LogP contribution >= 0.6 is 11.6 Å². The lowest BCUT2D eigenvalue weighted by atomic mass is 10.1. The van der Waals surface area contributed by atoms with E-state index in [1.165, 1.54) is 0 Å². The van der Waals surface area contributed by atoms with Crippen molar-refractivity contribution < 1.29 is 4.74 Å². The smallest absolute Gasteiger partial charge is 0.129 e. The molecule has 0 fully saturated rings. The molecular formula is C12H10ClNO. The summed E-state index contributed by atoms with van der Waals surface area (Å²) in [6, 6.07) is 5.66. The highest BCUT2D eigenvalue weighted by molar-refractivity contribution is 6.30. The molecule has 2 nitrogen and oxygen atoms in total. The maximum absolute atomic E-state index is 5.86. The molecule has 2 rings (SSSR count). The van der Waals surface area contributed by atoms with Crippen molar-refractivity contribution in [1.82, 2.24) is 4.98 Å². The molecule has 76 valence electrons. The minimum Gasteiger partial charge on any atom is -0.496 e. The second-order valence-corrected chi connectivity index (χ2v) is 3.50. The number of fused-ring (bicyclic) bond motifs is 1. The summed E-state index contributed by atoms with van der Waals surface area (Å²) in [6.07, 6.45) is 3.50. The van der Waals surface area contributed by atoms with Gasteiger partial charge in [0.05, 0.1) is 7.11 Å². The lowest BCUT2D eigenvalue weighted by Crippen LogP contribution is -1.88. The highest BCUT2D eigenvalue weighted by atomic mass is 35.5. The second-order valence-electron chi connectivity index (χ2n) is 3.11. The van der Waals surface area contributed by atoms with Crippen LogP contribution in [0, 0.1) is 0 Å². The molecule has 1 aromatic heterocycles. The van der Waals surface area contributed by atoms with Gasteiger partial charge in [-0.05, 0) is 23.1 Å². The van der Waals surface area contributed by atoms with Crippen LogP contribution < -0.4 is 4.74 Å². The zero-order chi connectivity index (χ0) is 10.8. The Labute approximate surface area is 93.2 Å². The van der Waals surface area contributed by atoms with E-state index in [1.54, 1.807) is 19.4 Å². The number of rotatable bonds is 2. The van der Waals surface area contributed by atoms with E-state index >= 15 is 0 Å². The summed E-state index contributed by atoms with van der Waals surface area (Å²) < 4.78 is 5.25. The van der Waals surface area contributed by atoms with E-state index in [1.807, 2.05) is 18.2 Å². The first kappa shape index (κ1) is 9.99. The molecule has 0 bridgehead atoms. The first-order chi connectivity index (χ1) is 7.26. The molecule has 0 atom stereocenters. The van der Waals surface area contributed by atoms with Gasteiger partial charge in [-0.15, -0.1) is 0 Å². The minimum absolute atomic E-state index is 0.471. The Hall–Kier alpha value is -1.54. The van der Waals surface area contributed by atoms with Crippen LogP contribution in [0.25, 0.3) is 16.8 Å². The summed E-state index contributed by atoms with van der Waals surface area (Å²) in [5, 5.41) is 2.42. The van der Waals surface area contributed by atoms with E-state index in [4.69, 9.17) is 16.3 Å². The van der Waals surface area contributed by atoms with Gasteiger partial charge in [0.15, 0.2) is 0 Å². The average molecular weight is 220 g/mol. The van der Waals surface area contributed by atoms with Crippen molar-refractivity contribution >= 4 is 28.4 Å². The molecule has 1 aromatic carbocycles. The van der Waals surface area contributed by atoms with Gasteiger partial charge >= 0.3 is 0 Å². The molecule has 0 unspecified atom stereocenters. The van der Waals surface area contributed by atoms with Gasteiger partial charge in [0.2, 0.25) is 0 Å². The van der Waals surface area contributed by atoms with Crippen molar-refractivity contribution in [3.05, 3.63) is 41.7 Å². The monoisotopic (exact) mass is 219 g/mol. The maximum atomic E-state index is 5.86. The third-order valence-electron chi connectivity index (χ3n) is 2.30. The largest absolute Gasteiger partial charge is 0.496 e. The summed E-state index contributed by atoms with van der Waals surface area (Å²) in [6.45, 7) is 3.76. The molecule has 0 aliphatic heterocycles. The second kappa shape index (κ2) is 3.91. The summed E-state index contributed by atoms with van der Waals surface area (Å²) in [5.74, 6) is 0.791. The Balaban J connectivity index is 2.86. The predicted molar refractivity (Wildman–Crippen MR) is 63.4 cm³/mol. The molecule has 15 heavy (non-hydrogen) atoms. The van der Waals surface area contributed by atoms with Crippen LogP contribution in [-0.2, 0) is 0 Å². The van der Waals surface area contributed by atoms with Crippen molar-refractivity contribution in [3.63, 3.8) is 0 Å². The number of methoxy groups -OCH3 is 1. The number of pyridine rings is 1. The maximum Gasteiger partial charge on any atom is 0.129 e. The summed E-state index contributed by atoms with van der Waals surface area (Å²) >= 11 is 5.86. The van der Waals surface area contributed by atoms with Gasteiger partial charge in [-0.2, -0.15) is 0 Å². The van der Waals surface area contributed by atoms with Gasteiger partial charge in [0, 0.05) is 11.6 Å². The van der Waals surface area contributed by atoms with Crippen LogP contribution in [0.15, 0.2) is 31.0 Å². The molecule has 2 aromatic rings. The Kier molecular flexibility index (Phi) is 2.60.